The molecule has 1 saturated heterocycles. The molecular formula is C11H18N2O3. The maximum absolute atomic E-state index is 12.0. The Labute approximate surface area is 95.1 Å². The summed E-state index contributed by atoms with van der Waals surface area (Å²) in [6.45, 7) is 3.75. The van der Waals surface area contributed by atoms with Crippen LogP contribution in [-0.2, 0) is 14.3 Å². The summed E-state index contributed by atoms with van der Waals surface area (Å²) in [7, 11) is 0. The van der Waals surface area contributed by atoms with Gasteiger partial charge >= 0.3 is 5.97 Å². The highest BCUT2D eigenvalue weighted by Gasteiger charge is 2.38. The van der Waals surface area contributed by atoms with Crippen molar-refractivity contribution in [3.8, 4) is 0 Å². The molecule has 0 bridgehead atoms. The van der Waals surface area contributed by atoms with Gasteiger partial charge in [0.1, 0.15) is 6.54 Å². The van der Waals surface area contributed by atoms with Gasteiger partial charge in [-0.1, -0.05) is 0 Å². The fourth-order valence-electron chi connectivity index (χ4n) is 1.82. The van der Waals surface area contributed by atoms with Crippen molar-refractivity contribution in [3.05, 3.63) is 0 Å². The lowest BCUT2D eigenvalue weighted by atomic mass is 10.0. The van der Waals surface area contributed by atoms with Crippen molar-refractivity contribution in [1.82, 2.24) is 10.2 Å². The van der Waals surface area contributed by atoms with Crippen molar-refractivity contribution >= 4 is 11.9 Å². The van der Waals surface area contributed by atoms with Crippen LogP contribution in [0.4, 0.5) is 0 Å². The Kier molecular flexibility index (Phi) is 3.43. The molecule has 0 aromatic heterocycles. The van der Waals surface area contributed by atoms with E-state index < -0.39 is 0 Å². The van der Waals surface area contributed by atoms with Gasteiger partial charge in [0.2, 0.25) is 5.91 Å². The third kappa shape index (κ3) is 2.52. The predicted octanol–water partition coefficient (Wildman–Crippen LogP) is -0.240. The quantitative estimate of drug-likeness (QED) is 0.657. The summed E-state index contributed by atoms with van der Waals surface area (Å²) in [5.74, 6) is -0.126. The Morgan fingerprint density at radius 2 is 2.06 bits per heavy atom. The van der Waals surface area contributed by atoms with E-state index >= 15 is 0 Å². The maximum Gasteiger partial charge on any atom is 0.325 e. The Morgan fingerprint density at radius 3 is 2.50 bits per heavy atom. The molecule has 1 heterocycles. The van der Waals surface area contributed by atoms with Crippen LogP contribution in [0.1, 0.15) is 19.8 Å². The highest BCUT2D eigenvalue weighted by atomic mass is 16.5. The van der Waals surface area contributed by atoms with Crippen LogP contribution < -0.4 is 5.32 Å². The second-order valence-electron chi connectivity index (χ2n) is 4.36. The van der Waals surface area contributed by atoms with Crippen molar-refractivity contribution in [1.29, 1.82) is 0 Å². The van der Waals surface area contributed by atoms with Gasteiger partial charge in [0.25, 0.3) is 0 Å². The SMILES string of the molecule is CCOC(=O)CN(C(=O)C1CNC1)C1CC1. The Hall–Kier alpha value is -1.10. The van der Waals surface area contributed by atoms with Crippen LogP contribution in [0.5, 0.6) is 0 Å². The fraction of sp³-hybridized carbons (Fsp3) is 0.818. The number of esters is 1. The number of ether oxygens (including phenoxy) is 1. The smallest absolute Gasteiger partial charge is 0.325 e. The van der Waals surface area contributed by atoms with Crippen molar-refractivity contribution in [2.45, 2.75) is 25.8 Å². The summed E-state index contributed by atoms with van der Waals surface area (Å²) in [6.07, 6.45) is 2.04. The molecule has 5 nitrogen and oxygen atoms in total. The van der Waals surface area contributed by atoms with Gasteiger partial charge in [-0.25, -0.2) is 0 Å². The summed E-state index contributed by atoms with van der Waals surface area (Å²) in [4.78, 5) is 25.1. The average Bonchev–Trinajstić information content (AvgIpc) is 2.94. The Balaban J connectivity index is 1.88. The molecule has 16 heavy (non-hydrogen) atoms. The van der Waals surface area contributed by atoms with Gasteiger partial charge in [0.15, 0.2) is 0 Å². The van der Waals surface area contributed by atoms with E-state index in [1.165, 1.54) is 0 Å². The number of carbonyl (C=O) groups excluding carboxylic acids is 2. The lowest BCUT2D eigenvalue weighted by molar-refractivity contribution is -0.151. The lowest BCUT2D eigenvalue weighted by Crippen LogP contribution is -2.53. The van der Waals surface area contributed by atoms with Crippen LogP contribution in [0.25, 0.3) is 0 Å². The molecule has 1 N–H and O–H groups in total. The number of nitrogens with one attached hydrogen (secondary N) is 1. The molecule has 0 atom stereocenters. The monoisotopic (exact) mass is 226 g/mol. The van der Waals surface area contributed by atoms with E-state index in [0.717, 1.165) is 25.9 Å². The highest BCUT2D eigenvalue weighted by molar-refractivity contribution is 5.85. The molecule has 0 spiro atoms. The summed E-state index contributed by atoms with van der Waals surface area (Å²) >= 11 is 0. The minimum Gasteiger partial charge on any atom is -0.465 e. The van der Waals surface area contributed by atoms with E-state index in [2.05, 4.69) is 5.32 Å². The maximum atomic E-state index is 12.0. The third-order valence-electron chi connectivity index (χ3n) is 3.01. The van der Waals surface area contributed by atoms with Crippen LogP contribution >= 0.6 is 0 Å². The predicted molar refractivity (Wildman–Crippen MR) is 57.7 cm³/mol. The highest BCUT2D eigenvalue weighted by Crippen LogP contribution is 2.28. The first-order chi connectivity index (χ1) is 7.72. The molecule has 90 valence electrons. The summed E-state index contributed by atoms with van der Waals surface area (Å²) in [6, 6.07) is 0.275. The number of hydrogen-bond acceptors (Lipinski definition) is 4. The topological polar surface area (TPSA) is 58.6 Å². The normalized spacial score (nSPS) is 20.1. The van der Waals surface area contributed by atoms with Crippen molar-refractivity contribution in [2.24, 2.45) is 5.92 Å². The zero-order chi connectivity index (χ0) is 11.5. The van der Waals surface area contributed by atoms with Crippen LogP contribution in [-0.4, -0.2) is 49.1 Å². The molecule has 1 saturated carbocycles. The molecule has 0 unspecified atom stereocenters. The van der Waals surface area contributed by atoms with Gasteiger partial charge in [-0.3, -0.25) is 9.59 Å². The minimum absolute atomic E-state index is 0.0648. The minimum atomic E-state index is -0.296. The molecule has 2 fully saturated rings. The fourth-order valence-corrected chi connectivity index (χ4v) is 1.82. The molecule has 0 aromatic rings. The number of rotatable bonds is 5. The summed E-state index contributed by atoms with van der Waals surface area (Å²) in [5, 5.41) is 3.07. The number of hydrogen-bond donors (Lipinski definition) is 1. The van der Waals surface area contributed by atoms with E-state index in [-0.39, 0.29) is 30.4 Å². The van der Waals surface area contributed by atoms with Crippen LogP contribution in [0, 0.1) is 5.92 Å². The van der Waals surface area contributed by atoms with Gasteiger partial charge in [-0.05, 0) is 19.8 Å². The number of nitrogens with zero attached hydrogens (tertiary/aromatic N) is 1. The van der Waals surface area contributed by atoms with E-state index in [1.807, 2.05) is 0 Å². The third-order valence-corrected chi connectivity index (χ3v) is 3.01. The van der Waals surface area contributed by atoms with Gasteiger partial charge in [0.05, 0.1) is 12.5 Å². The van der Waals surface area contributed by atoms with E-state index in [0.29, 0.717) is 6.61 Å². The number of carbonyl (C=O) groups is 2. The summed E-state index contributed by atoms with van der Waals surface area (Å²) < 4.78 is 4.88. The molecule has 1 aliphatic carbocycles. The molecule has 1 aliphatic heterocycles. The first kappa shape index (κ1) is 11.4. The zero-order valence-corrected chi connectivity index (χ0v) is 9.57. The first-order valence-corrected chi connectivity index (χ1v) is 5.89. The van der Waals surface area contributed by atoms with Crippen molar-refractivity contribution in [3.63, 3.8) is 0 Å². The Morgan fingerprint density at radius 1 is 1.38 bits per heavy atom. The average molecular weight is 226 g/mol. The van der Waals surface area contributed by atoms with Gasteiger partial charge < -0.3 is 15.0 Å². The lowest BCUT2D eigenvalue weighted by Gasteiger charge is -2.32. The molecule has 2 aliphatic rings. The van der Waals surface area contributed by atoms with Crippen molar-refractivity contribution < 1.29 is 14.3 Å². The molecule has 2 rings (SSSR count). The van der Waals surface area contributed by atoms with Crippen LogP contribution in [0.2, 0.25) is 0 Å². The van der Waals surface area contributed by atoms with Gasteiger partial charge in [-0.2, -0.15) is 0 Å². The number of amides is 1. The van der Waals surface area contributed by atoms with Crippen LogP contribution in [0.3, 0.4) is 0 Å². The summed E-state index contributed by atoms with van der Waals surface area (Å²) in [5.41, 5.74) is 0. The zero-order valence-electron chi connectivity index (χ0n) is 9.57. The van der Waals surface area contributed by atoms with E-state index in [1.54, 1.807) is 11.8 Å². The molecule has 0 radical (unpaired) electrons. The Bertz CT molecular complexity index is 285. The largest absolute Gasteiger partial charge is 0.465 e. The second kappa shape index (κ2) is 4.82. The van der Waals surface area contributed by atoms with E-state index in [9.17, 15) is 9.59 Å². The van der Waals surface area contributed by atoms with Gasteiger partial charge in [0, 0.05) is 19.1 Å². The van der Waals surface area contributed by atoms with E-state index in [4.69, 9.17) is 4.74 Å². The van der Waals surface area contributed by atoms with Crippen molar-refractivity contribution in [2.75, 3.05) is 26.2 Å². The first-order valence-electron chi connectivity index (χ1n) is 5.89. The molecule has 1 amide bonds. The van der Waals surface area contributed by atoms with Gasteiger partial charge in [-0.15, -0.1) is 0 Å². The molecule has 0 aromatic carbocycles. The van der Waals surface area contributed by atoms with Crippen LogP contribution in [0.15, 0.2) is 0 Å². The molecule has 5 heteroatoms. The standard InChI is InChI=1S/C11H18N2O3/c1-2-16-10(14)7-13(9-3-4-9)11(15)8-5-12-6-8/h8-9,12H,2-7H2,1H3. The molecular weight excluding hydrogens is 208 g/mol. The second-order valence-corrected chi connectivity index (χ2v) is 4.36.